The van der Waals surface area contributed by atoms with E-state index in [1.165, 1.54) is 31.2 Å². The van der Waals surface area contributed by atoms with Gasteiger partial charge in [0.1, 0.15) is 0 Å². The molecule has 1 aromatic carbocycles. The molecule has 0 aromatic heterocycles. The number of methoxy groups -OCH3 is 1. The largest absolute Gasteiger partial charge is 0.478 e. The molecule has 0 spiro atoms. The predicted octanol–water partition coefficient (Wildman–Crippen LogP) is 0.366. The van der Waals surface area contributed by atoms with Crippen LogP contribution in [-0.2, 0) is 26.1 Å². The molecule has 0 aliphatic heterocycles. The zero-order valence-corrected chi connectivity index (χ0v) is 11.8. The standard InChI is InChI=1S/C12H15NO6S/c1-8(12(16)19-2)20(17,18)13-7-9-3-5-10(6-4-9)11(14)15/h3-6,8,13H,7H2,1-2H3,(H,14,15). The van der Waals surface area contributed by atoms with Crippen molar-refractivity contribution in [2.75, 3.05) is 7.11 Å². The molecule has 0 aliphatic carbocycles. The van der Waals surface area contributed by atoms with Gasteiger partial charge in [-0.1, -0.05) is 12.1 Å². The maximum Gasteiger partial charge on any atom is 0.335 e. The lowest BCUT2D eigenvalue weighted by atomic mass is 10.1. The summed E-state index contributed by atoms with van der Waals surface area (Å²) < 4.78 is 30.2. The Kier molecular flexibility index (Phi) is 5.23. The van der Waals surface area contributed by atoms with E-state index in [9.17, 15) is 18.0 Å². The van der Waals surface area contributed by atoms with Crippen molar-refractivity contribution in [1.29, 1.82) is 0 Å². The molecule has 1 aromatic rings. The number of hydrogen-bond acceptors (Lipinski definition) is 5. The zero-order valence-electron chi connectivity index (χ0n) is 11.0. The first-order chi connectivity index (χ1) is 9.27. The van der Waals surface area contributed by atoms with Gasteiger partial charge < -0.3 is 9.84 Å². The number of aromatic carboxylic acids is 1. The number of carbonyl (C=O) groups is 2. The van der Waals surface area contributed by atoms with Crippen LogP contribution in [0.3, 0.4) is 0 Å². The van der Waals surface area contributed by atoms with E-state index in [-0.39, 0.29) is 12.1 Å². The van der Waals surface area contributed by atoms with Gasteiger partial charge in [0.25, 0.3) is 0 Å². The average molecular weight is 301 g/mol. The monoisotopic (exact) mass is 301 g/mol. The molecule has 1 unspecified atom stereocenters. The molecule has 0 radical (unpaired) electrons. The highest BCUT2D eigenvalue weighted by atomic mass is 32.2. The van der Waals surface area contributed by atoms with E-state index >= 15 is 0 Å². The van der Waals surface area contributed by atoms with Crippen molar-refractivity contribution in [3.63, 3.8) is 0 Å². The second kappa shape index (κ2) is 6.49. The number of hydrogen-bond donors (Lipinski definition) is 2. The molecule has 2 N–H and O–H groups in total. The number of carbonyl (C=O) groups excluding carboxylic acids is 1. The maximum absolute atomic E-state index is 11.8. The summed E-state index contributed by atoms with van der Waals surface area (Å²) in [5.41, 5.74) is 0.690. The molecule has 20 heavy (non-hydrogen) atoms. The number of ether oxygens (including phenoxy) is 1. The number of rotatable bonds is 6. The van der Waals surface area contributed by atoms with Crippen LogP contribution in [0.5, 0.6) is 0 Å². The van der Waals surface area contributed by atoms with E-state index in [4.69, 9.17) is 5.11 Å². The van der Waals surface area contributed by atoms with Crippen molar-refractivity contribution in [1.82, 2.24) is 4.72 Å². The lowest BCUT2D eigenvalue weighted by Gasteiger charge is -2.12. The van der Waals surface area contributed by atoms with Gasteiger partial charge in [0, 0.05) is 6.54 Å². The van der Waals surface area contributed by atoms with Gasteiger partial charge >= 0.3 is 11.9 Å². The molecule has 7 nitrogen and oxygen atoms in total. The minimum Gasteiger partial charge on any atom is -0.478 e. The highest BCUT2D eigenvalue weighted by Crippen LogP contribution is 2.06. The smallest absolute Gasteiger partial charge is 0.335 e. The van der Waals surface area contributed by atoms with Crippen LogP contribution in [-0.4, -0.2) is 37.8 Å². The third-order valence-electron chi connectivity index (χ3n) is 2.68. The molecule has 8 heteroatoms. The van der Waals surface area contributed by atoms with Gasteiger partial charge in [-0.3, -0.25) is 4.79 Å². The van der Waals surface area contributed by atoms with Crippen molar-refractivity contribution < 1.29 is 27.9 Å². The molecule has 0 heterocycles. The number of sulfonamides is 1. The number of nitrogens with one attached hydrogen (secondary N) is 1. The average Bonchev–Trinajstić information content (AvgIpc) is 2.43. The summed E-state index contributed by atoms with van der Waals surface area (Å²) >= 11 is 0. The first kappa shape index (κ1) is 16.1. The van der Waals surface area contributed by atoms with Crippen LogP contribution in [0.4, 0.5) is 0 Å². The molecular weight excluding hydrogens is 286 g/mol. The Labute approximate surface area is 116 Å². The summed E-state index contributed by atoms with van der Waals surface area (Å²) in [6.07, 6.45) is 0. The Morgan fingerprint density at radius 2 is 1.85 bits per heavy atom. The Morgan fingerprint density at radius 1 is 1.30 bits per heavy atom. The van der Waals surface area contributed by atoms with E-state index in [0.717, 1.165) is 7.11 Å². The third-order valence-corrected chi connectivity index (χ3v) is 4.35. The van der Waals surface area contributed by atoms with Crippen LogP contribution in [0.1, 0.15) is 22.8 Å². The molecule has 0 fully saturated rings. The fourth-order valence-corrected chi connectivity index (χ4v) is 2.33. The SMILES string of the molecule is COC(=O)C(C)S(=O)(=O)NCc1ccc(C(=O)O)cc1. The summed E-state index contributed by atoms with van der Waals surface area (Å²) in [4.78, 5) is 21.8. The molecule has 110 valence electrons. The molecular formula is C12H15NO6S. The van der Waals surface area contributed by atoms with Crippen LogP contribution in [0, 0.1) is 0 Å². The summed E-state index contributed by atoms with van der Waals surface area (Å²) in [5, 5.41) is 7.42. The van der Waals surface area contributed by atoms with E-state index in [1.54, 1.807) is 0 Å². The zero-order chi connectivity index (χ0) is 15.3. The number of esters is 1. The molecule has 1 rings (SSSR count). The van der Waals surface area contributed by atoms with Crippen molar-refractivity contribution in [3.05, 3.63) is 35.4 Å². The molecule has 1 atom stereocenters. The van der Waals surface area contributed by atoms with Gasteiger partial charge in [0.15, 0.2) is 5.25 Å². The quantitative estimate of drug-likeness (QED) is 0.734. The van der Waals surface area contributed by atoms with Crippen molar-refractivity contribution in [3.8, 4) is 0 Å². The lowest BCUT2D eigenvalue weighted by Crippen LogP contribution is -2.37. The number of carboxylic acid groups (broad SMARTS) is 1. The minimum atomic E-state index is -3.84. The molecule has 0 bridgehead atoms. The Bertz CT molecular complexity index is 593. The number of benzene rings is 1. The van der Waals surface area contributed by atoms with Gasteiger partial charge in [-0.2, -0.15) is 0 Å². The first-order valence-corrected chi connectivity index (χ1v) is 7.21. The van der Waals surface area contributed by atoms with E-state index < -0.39 is 27.2 Å². The van der Waals surface area contributed by atoms with E-state index in [2.05, 4.69) is 9.46 Å². The van der Waals surface area contributed by atoms with Gasteiger partial charge in [0.2, 0.25) is 10.0 Å². The second-order valence-corrected chi connectivity index (χ2v) is 6.12. The topological polar surface area (TPSA) is 110 Å². The van der Waals surface area contributed by atoms with E-state index in [0.29, 0.717) is 5.56 Å². The molecule has 0 saturated carbocycles. The van der Waals surface area contributed by atoms with Crippen molar-refractivity contribution in [2.45, 2.75) is 18.7 Å². The normalized spacial score (nSPS) is 12.7. The summed E-state index contributed by atoms with van der Waals surface area (Å²) in [6, 6.07) is 5.73. The van der Waals surface area contributed by atoms with Crippen molar-refractivity contribution >= 4 is 22.0 Å². The summed E-state index contributed by atoms with van der Waals surface area (Å²) in [6.45, 7) is 1.19. The number of carboxylic acids is 1. The first-order valence-electron chi connectivity index (χ1n) is 5.66. The second-order valence-electron chi connectivity index (χ2n) is 4.03. The van der Waals surface area contributed by atoms with Crippen molar-refractivity contribution in [2.24, 2.45) is 0 Å². The van der Waals surface area contributed by atoms with Gasteiger partial charge in [0.05, 0.1) is 12.7 Å². The van der Waals surface area contributed by atoms with Gasteiger partial charge in [-0.05, 0) is 24.6 Å². The lowest BCUT2D eigenvalue weighted by molar-refractivity contribution is -0.139. The van der Waals surface area contributed by atoms with Crippen LogP contribution < -0.4 is 4.72 Å². The van der Waals surface area contributed by atoms with E-state index in [1.807, 2.05) is 0 Å². The minimum absolute atomic E-state index is 0.0381. The third kappa shape index (κ3) is 4.04. The maximum atomic E-state index is 11.8. The molecule has 0 amide bonds. The summed E-state index contributed by atoms with van der Waals surface area (Å²) in [7, 11) is -2.73. The predicted molar refractivity (Wildman–Crippen MR) is 70.6 cm³/mol. The van der Waals surface area contributed by atoms with Gasteiger partial charge in [-0.25, -0.2) is 17.9 Å². The molecule has 0 aliphatic rings. The fourth-order valence-electron chi connectivity index (χ4n) is 1.37. The summed E-state index contributed by atoms with van der Waals surface area (Å²) in [5.74, 6) is -1.91. The fraction of sp³-hybridized carbons (Fsp3) is 0.333. The van der Waals surface area contributed by atoms with Gasteiger partial charge in [-0.15, -0.1) is 0 Å². The van der Waals surface area contributed by atoms with Crippen LogP contribution in [0.2, 0.25) is 0 Å². The van der Waals surface area contributed by atoms with Crippen LogP contribution >= 0.6 is 0 Å². The highest BCUT2D eigenvalue weighted by molar-refractivity contribution is 7.90. The van der Waals surface area contributed by atoms with Crippen LogP contribution in [0.15, 0.2) is 24.3 Å². The Morgan fingerprint density at radius 3 is 2.30 bits per heavy atom. The van der Waals surface area contributed by atoms with Crippen LogP contribution in [0.25, 0.3) is 0 Å². The Balaban J connectivity index is 2.71. The molecule has 0 saturated heterocycles. The highest BCUT2D eigenvalue weighted by Gasteiger charge is 2.28. The Hall–Kier alpha value is -1.93.